The van der Waals surface area contributed by atoms with Gasteiger partial charge in [0.05, 0.1) is 6.54 Å². The summed E-state index contributed by atoms with van der Waals surface area (Å²) in [5, 5.41) is 9.03. The lowest BCUT2D eigenvalue weighted by molar-refractivity contribution is -0.154. The van der Waals surface area contributed by atoms with Crippen LogP contribution in [0.3, 0.4) is 0 Å². The minimum Gasteiger partial charge on any atom is -0.480 e. The topological polar surface area (TPSA) is 77.9 Å². The molecule has 0 unspecified atom stereocenters. The Morgan fingerprint density at radius 1 is 1.22 bits per heavy atom. The number of rotatable bonds is 4. The molecule has 1 saturated carbocycles. The number of carboxylic acids is 1. The van der Waals surface area contributed by atoms with Gasteiger partial charge in [-0.1, -0.05) is 0 Å². The third-order valence-corrected chi connectivity index (χ3v) is 3.75. The van der Waals surface area contributed by atoms with Crippen LogP contribution in [0.25, 0.3) is 0 Å². The van der Waals surface area contributed by atoms with Crippen molar-refractivity contribution >= 4 is 17.8 Å². The number of hydrogen-bond donors (Lipinski definition) is 1. The molecule has 0 aromatic carbocycles. The molecule has 0 aromatic heterocycles. The number of aliphatic carboxylic acids is 1. The maximum Gasteiger partial charge on any atom is 0.319 e. The van der Waals surface area contributed by atoms with E-state index in [1.165, 1.54) is 11.9 Å². The van der Waals surface area contributed by atoms with E-state index in [0.717, 1.165) is 25.9 Å². The first kappa shape index (κ1) is 12.9. The summed E-state index contributed by atoms with van der Waals surface area (Å²) in [5.74, 6) is -1.61. The third-order valence-electron chi connectivity index (χ3n) is 3.75. The van der Waals surface area contributed by atoms with Crippen molar-refractivity contribution in [3.63, 3.8) is 0 Å². The van der Waals surface area contributed by atoms with Gasteiger partial charge in [0.1, 0.15) is 5.41 Å². The van der Waals surface area contributed by atoms with Crippen LogP contribution in [0.1, 0.15) is 25.7 Å². The van der Waals surface area contributed by atoms with E-state index in [9.17, 15) is 14.4 Å². The first-order chi connectivity index (χ1) is 8.47. The predicted molar refractivity (Wildman–Crippen MR) is 62.8 cm³/mol. The number of hydrogen-bond acceptors (Lipinski definition) is 3. The van der Waals surface area contributed by atoms with E-state index in [-0.39, 0.29) is 12.5 Å². The summed E-state index contributed by atoms with van der Waals surface area (Å²) in [7, 11) is 1.50. The average molecular weight is 254 g/mol. The van der Waals surface area contributed by atoms with Gasteiger partial charge in [-0.05, 0) is 25.7 Å². The van der Waals surface area contributed by atoms with Gasteiger partial charge in [-0.3, -0.25) is 14.4 Å². The molecule has 0 radical (unpaired) electrons. The second-order valence-electron chi connectivity index (χ2n) is 5.14. The molecule has 1 saturated heterocycles. The Labute approximate surface area is 106 Å². The van der Waals surface area contributed by atoms with Gasteiger partial charge in [0.25, 0.3) is 0 Å². The zero-order chi connectivity index (χ0) is 13.3. The van der Waals surface area contributed by atoms with Crippen molar-refractivity contribution in [1.82, 2.24) is 9.80 Å². The van der Waals surface area contributed by atoms with Crippen LogP contribution in [0.2, 0.25) is 0 Å². The van der Waals surface area contributed by atoms with Crippen LogP contribution in [0, 0.1) is 5.41 Å². The lowest BCUT2D eigenvalue weighted by Crippen LogP contribution is -2.44. The minimum absolute atomic E-state index is 0.0200. The number of amides is 2. The molecule has 1 heterocycles. The van der Waals surface area contributed by atoms with Gasteiger partial charge < -0.3 is 14.9 Å². The summed E-state index contributed by atoms with van der Waals surface area (Å²) < 4.78 is 0. The van der Waals surface area contributed by atoms with E-state index in [1.54, 1.807) is 4.90 Å². The fourth-order valence-corrected chi connectivity index (χ4v) is 2.35. The van der Waals surface area contributed by atoms with Crippen molar-refractivity contribution in [1.29, 1.82) is 0 Å². The Morgan fingerprint density at radius 3 is 2.22 bits per heavy atom. The Kier molecular flexibility index (Phi) is 3.28. The van der Waals surface area contributed by atoms with Gasteiger partial charge in [0.2, 0.25) is 11.8 Å². The molecule has 0 atom stereocenters. The number of likely N-dealkylation sites (tertiary alicyclic amines) is 1. The highest BCUT2D eigenvalue weighted by Gasteiger charge is 2.58. The summed E-state index contributed by atoms with van der Waals surface area (Å²) in [6.45, 7) is 1.46. The molecule has 6 nitrogen and oxygen atoms in total. The van der Waals surface area contributed by atoms with Gasteiger partial charge >= 0.3 is 5.97 Å². The van der Waals surface area contributed by atoms with E-state index in [0.29, 0.717) is 12.8 Å². The molecule has 1 aliphatic carbocycles. The summed E-state index contributed by atoms with van der Waals surface area (Å²) in [4.78, 5) is 37.9. The highest BCUT2D eigenvalue weighted by molar-refractivity contribution is 6.05. The first-order valence-electron chi connectivity index (χ1n) is 6.24. The van der Waals surface area contributed by atoms with Gasteiger partial charge in [0, 0.05) is 20.1 Å². The Hall–Kier alpha value is -1.59. The smallest absolute Gasteiger partial charge is 0.319 e. The van der Waals surface area contributed by atoms with Crippen LogP contribution in [-0.4, -0.2) is 59.4 Å². The zero-order valence-electron chi connectivity index (χ0n) is 10.5. The van der Waals surface area contributed by atoms with Crippen LogP contribution in [0.5, 0.6) is 0 Å². The maximum atomic E-state index is 12.0. The molecule has 0 aromatic rings. The second-order valence-corrected chi connectivity index (χ2v) is 5.14. The molecule has 100 valence electrons. The van der Waals surface area contributed by atoms with E-state index >= 15 is 0 Å². The van der Waals surface area contributed by atoms with E-state index in [1.807, 2.05) is 0 Å². The number of carbonyl (C=O) groups excluding carboxylic acids is 2. The number of nitrogens with zero attached hydrogens (tertiary/aromatic N) is 2. The summed E-state index contributed by atoms with van der Waals surface area (Å²) >= 11 is 0. The van der Waals surface area contributed by atoms with E-state index < -0.39 is 17.3 Å². The molecular weight excluding hydrogens is 236 g/mol. The Bertz CT molecular complexity index is 384. The molecule has 18 heavy (non-hydrogen) atoms. The average Bonchev–Trinajstić information content (AvgIpc) is 2.96. The lowest BCUT2D eigenvalue weighted by atomic mass is 10.1. The highest BCUT2D eigenvalue weighted by Crippen LogP contribution is 2.47. The molecule has 2 aliphatic rings. The highest BCUT2D eigenvalue weighted by atomic mass is 16.4. The molecule has 0 bridgehead atoms. The summed E-state index contributed by atoms with van der Waals surface area (Å²) in [5.41, 5.74) is -1.25. The van der Waals surface area contributed by atoms with Crippen LogP contribution in [0.15, 0.2) is 0 Å². The van der Waals surface area contributed by atoms with Crippen molar-refractivity contribution < 1.29 is 19.5 Å². The summed E-state index contributed by atoms with van der Waals surface area (Å²) in [6.07, 6.45) is 2.76. The predicted octanol–water partition coefficient (Wildman–Crippen LogP) is -0.0680. The monoisotopic (exact) mass is 254 g/mol. The van der Waals surface area contributed by atoms with Crippen molar-refractivity contribution in [2.75, 3.05) is 26.7 Å². The molecule has 1 aliphatic heterocycles. The number of carboxylic acid groups (broad SMARTS) is 1. The molecule has 2 rings (SSSR count). The van der Waals surface area contributed by atoms with Crippen molar-refractivity contribution in [3.05, 3.63) is 0 Å². The van der Waals surface area contributed by atoms with Crippen LogP contribution in [0.4, 0.5) is 0 Å². The zero-order valence-corrected chi connectivity index (χ0v) is 10.5. The summed E-state index contributed by atoms with van der Waals surface area (Å²) in [6, 6.07) is 0. The first-order valence-corrected chi connectivity index (χ1v) is 6.24. The Balaban J connectivity index is 1.91. The largest absolute Gasteiger partial charge is 0.480 e. The van der Waals surface area contributed by atoms with Crippen molar-refractivity contribution in [3.8, 4) is 0 Å². The molecule has 1 N–H and O–H groups in total. The fourth-order valence-electron chi connectivity index (χ4n) is 2.35. The van der Waals surface area contributed by atoms with Gasteiger partial charge in [0.15, 0.2) is 0 Å². The van der Waals surface area contributed by atoms with Gasteiger partial charge in [-0.25, -0.2) is 0 Å². The molecule has 2 amide bonds. The molecule has 2 fully saturated rings. The lowest BCUT2D eigenvalue weighted by Gasteiger charge is -2.23. The number of carbonyl (C=O) groups is 3. The SMILES string of the molecule is CN(CC(=O)N1CCCC1)C(=O)C1(C(=O)O)CC1. The quantitative estimate of drug-likeness (QED) is 0.712. The third kappa shape index (κ3) is 2.19. The Morgan fingerprint density at radius 2 is 1.78 bits per heavy atom. The van der Waals surface area contributed by atoms with Crippen molar-refractivity contribution in [2.45, 2.75) is 25.7 Å². The number of likely N-dealkylation sites (N-methyl/N-ethyl adjacent to an activating group) is 1. The van der Waals surface area contributed by atoms with Gasteiger partial charge in [-0.15, -0.1) is 0 Å². The normalized spacial score (nSPS) is 20.6. The van der Waals surface area contributed by atoms with Crippen LogP contribution in [-0.2, 0) is 14.4 Å². The van der Waals surface area contributed by atoms with Crippen LogP contribution >= 0.6 is 0 Å². The molecular formula is C12H18N2O4. The molecule has 6 heteroatoms. The standard InChI is InChI=1S/C12H18N2O4/c1-13(8-9(15)14-6-2-3-7-14)10(16)12(4-5-12)11(17)18/h2-8H2,1H3,(H,17,18). The fraction of sp³-hybridized carbons (Fsp3) is 0.750. The van der Waals surface area contributed by atoms with E-state index in [2.05, 4.69) is 0 Å². The van der Waals surface area contributed by atoms with Crippen molar-refractivity contribution in [2.24, 2.45) is 5.41 Å². The second kappa shape index (κ2) is 4.59. The van der Waals surface area contributed by atoms with Crippen LogP contribution < -0.4 is 0 Å². The van der Waals surface area contributed by atoms with Gasteiger partial charge in [-0.2, -0.15) is 0 Å². The minimum atomic E-state index is -1.25. The molecule has 0 spiro atoms. The van der Waals surface area contributed by atoms with E-state index in [4.69, 9.17) is 5.11 Å². The maximum absolute atomic E-state index is 12.0.